The first-order valence-electron chi connectivity index (χ1n) is 9.87. The van der Waals surface area contributed by atoms with E-state index < -0.39 is 35.5 Å². The number of pyridine rings is 1. The summed E-state index contributed by atoms with van der Waals surface area (Å²) in [5.74, 6) is -2.28. The number of amides is 1. The van der Waals surface area contributed by atoms with Crippen molar-refractivity contribution in [1.82, 2.24) is 14.7 Å². The van der Waals surface area contributed by atoms with Crippen LogP contribution in [0.3, 0.4) is 0 Å². The summed E-state index contributed by atoms with van der Waals surface area (Å²) in [7, 11) is 0. The minimum absolute atomic E-state index is 0.0613. The monoisotopic (exact) mass is 449 g/mol. The van der Waals surface area contributed by atoms with Gasteiger partial charge in [0.05, 0.1) is 22.4 Å². The molecule has 1 fully saturated rings. The highest BCUT2D eigenvalue weighted by molar-refractivity contribution is 6.00. The third-order valence-corrected chi connectivity index (χ3v) is 5.50. The van der Waals surface area contributed by atoms with E-state index in [2.05, 4.69) is 15.0 Å². The van der Waals surface area contributed by atoms with Gasteiger partial charge in [-0.1, -0.05) is 0 Å². The maximum Gasteiger partial charge on any atom is 0.573 e. The highest BCUT2D eigenvalue weighted by atomic mass is 19.4. The van der Waals surface area contributed by atoms with Crippen LogP contribution in [0.5, 0.6) is 5.75 Å². The number of carboxylic acid groups (broad SMARTS) is 1. The highest BCUT2D eigenvalue weighted by Crippen LogP contribution is 2.26. The van der Waals surface area contributed by atoms with Crippen LogP contribution in [0, 0.1) is 5.92 Å². The summed E-state index contributed by atoms with van der Waals surface area (Å²) in [5.41, 5.74) is -0.338. The normalized spacial score (nSPS) is 19.1. The van der Waals surface area contributed by atoms with Crippen molar-refractivity contribution < 1.29 is 32.6 Å². The summed E-state index contributed by atoms with van der Waals surface area (Å²) in [6.07, 6.45) is -1.57. The van der Waals surface area contributed by atoms with E-state index in [1.807, 2.05) is 0 Å². The van der Waals surface area contributed by atoms with Crippen molar-refractivity contribution in [2.24, 2.45) is 5.92 Å². The van der Waals surface area contributed by atoms with Crippen molar-refractivity contribution >= 4 is 28.4 Å². The Morgan fingerprint density at radius 2 is 1.88 bits per heavy atom. The molecule has 32 heavy (non-hydrogen) atoms. The number of benzene rings is 1. The Bertz CT molecular complexity index is 1260. The number of aromatic nitrogens is 2. The van der Waals surface area contributed by atoms with Gasteiger partial charge in [0.15, 0.2) is 5.65 Å². The fourth-order valence-electron chi connectivity index (χ4n) is 3.93. The Morgan fingerprint density at radius 1 is 1.16 bits per heavy atom. The summed E-state index contributed by atoms with van der Waals surface area (Å²) in [6.45, 7) is 0. The first-order chi connectivity index (χ1) is 15.1. The Morgan fingerprint density at radius 3 is 2.53 bits per heavy atom. The average Bonchev–Trinajstić information content (AvgIpc) is 2.73. The second-order valence-corrected chi connectivity index (χ2v) is 7.62. The maximum atomic E-state index is 12.9. The number of hydrogen-bond donors (Lipinski definition) is 2. The minimum Gasteiger partial charge on any atom is -0.481 e. The van der Waals surface area contributed by atoms with Gasteiger partial charge in [0.2, 0.25) is 0 Å². The van der Waals surface area contributed by atoms with Crippen LogP contribution in [-0.4, -0.2) is 38.8 Å². The molecule has 168 valence electrons. The predicted octanol–water partition coefficient (Wildman–Crippen LogP) is 3.12. The molecule has 1 amide bonds. The van der Waals surface area contributed by atoms with Crippen molar-refractivity contribution in [3.63, 3.8) is 0 Å². The Labute approximate surface area is 178 Å². The van der Waals surface area contributed by atoms with E-state index in [4.69, 9.17) is 5.11 Å². The van der Waals surface area contributed by atoms with E-state index in [1.165, 1.54) is 24.4 Å². The lowest BCUT2D eigenvalue weighted by Gasteiger charge is -2.26. The number of hydrogen-bond acceptors (Lipinski definition) is 5. The Kier molecular flexibility index (Phi) is 5.49. The number of carbonyl (C=O) groups excluding carboxylic acids is 1. The predicted molar refractivity (Wildman–Crippen MR) is 106 cm³/mol. The molecule has 8 nitrogen and oxygen atoms in total. The lowest BCUT2D eigenvalue weighted by atomic mass is 9.86. The molecular formula is C21H18F3N3O5. The van der Waals surface area contributed by atoms with E-state index in [0.717, 1.165) is 16.5 Å². The number of aliphatic carboxylic acids is 1. The standard InChI is InChI=1S/C21H18F3N3O5/c22-21(23,24)32-13-7-8-16-15(10-13)19(29)27-9-1-2-14(17(27)26-16)18(28)25-12-5-3-11(4-6-12)20(30)31/h1-2,7-12H,3-6H2,(H,25,28)(H,30,31). The number of alkyl halides is 3. The van der Waals surface area contributed by atoms with E-state index in [0.29, 0.717) is 25.7 Å². The van der Waals surface area contributed by atoms with Gasteiger partial charge in [-0.05, 0) is 56.0 Å². The Hall–Kier alpha value is -3.63. The molecular weight excluding hydrogens is 431 g/mol. The van der Waals surface area contributed by atoms with Crippen molar-refractivity contribution in [2.45, 2.75) is 38.1 Å². The SMILES string of the molecule is O=C(NC1CCC(C(=O)O)CC1)c1cccn2c(=O)c3cc(OC(F)(F)F)ccc3nc12. The molecule has 0 saturated heterocycles. The number of carbonyl (C=O) groups is 2. The number of ether oxygens (including phenoxy) is 1. The van der Waals surface area contributed by atoms with Crippen LogP contribution in [0.4, 0.5) is 13.2 Å². The fraction of sp³-hybridized carbons (Fsp3) is 0.333. The third kappa shape index (κ3) is 4.36. The van der Waals surface area contributed by atoms with Gasteiger partial charge in [0.1, 0.15) is 5.75 Å². The molecule has 0 spiro atoms. The molecule has 0 unspecified atom stereocenters. The molecule has 3 aromatic rings. The van der Waals surface area contributed by atoms with Crippen LogP contribution < -0.4 is 15.6 Å². The van der Waals surface area contributed by atoms with Gasteiger partial charge in [-0.3, -0.25) is 18.8 Å². The number of rotatable bonds is 4. The number of fused-ring (bicyclic) bond motifs is 2. The fourth-order valence-corrected chi connectivity index (χ4v) is 3.93. The maximum absolute atomic E-state index is 12.9. The summed E-state index contributed by atoms with van der Waals surface area (Å²) in [4.78, 5) is 41.1. The van der Waals surface area contributed by atoms with E-state index in [9.17, 15) is 27.6 Å². The molecule has 11 heteroatoms. The summed E-state index contributed by atoms with van der Waals surface area (Å²) in [5, 5.41) is 11.9. The van der Waals surface area contributed by atoms with Crippen molar-refractivity contribution in [1.29, 1.82) is 0 Å². The van der Waals surface area contributed by atoms with Gasteiger partial charge >= 0.3 is 12.3 Å². The molecule has 2 N–H and O–H groups in total. The van der Waals surface area contributed by atoms with Gasteiger partial charge in [-0.2, -0.15) is 0 Å². The summed E-state index contributed by atoms with van der Waals surface area (Å²) >= 11 is 0. The molecule has 2 aromatic heterocycles. The van der Waals surface area contributed by atoms with Crippen LogP contribution in [-0.2, 0) is 4.79 Å². The lowest BCUT2D eigenvalue weighted by Crippen LogP contribution is -2.39. The van der Waals surface area contributed by atoms with E-state index in [1.54, 1.807) is 0 Å². The van der Waals surface area contributed by atoms with E-state index >= 15 is 0 Å². The lowest BCUT2D eigenvalue weighted by molar-refractivity contribution is -0.274. The quantitative estimate of drug-likeness (QED) is 0.593. The number of nitrogens with zero attached hydrogens (tertiary/aromatic N) is 2. The van der Waals surface area contributed by atoms with Crippen molar-refractivity contribution in [3.05, 3.63) is 52.4 Å². The van der Waals surface area contributed by atoms with E-state index in [-0.39, 0.29) is 28.2 Å². The van der Waals surface area contributed by atoms with Crippen LogP contribution in [0.2, 0.25) is 0 Å². The third-order valence-electron chi connectivity index (χ3n) is 5.50. The first kappa shape index (κ1) is 21.6. The molecule has 1 aliphatic rings. The van der Waals surface area contributed by atoms with Gasteiger partial charge in [0, 0.05) is 12.2 Å². The Balaban J connectivity index is 1.65. The molecule has 1 aliphatic carbocycles. The van der Waals surface area contributed by atoms with Crippen molar-refractivity contribution in [2.75, 3.05) is 0 Å². The molecule has 1 aromatic carbocycles. The van der Waals surface area contributed by atoms with Gasteiger partial charge in [-0.15, -0.1) is 13.2 Å². The van der Waals surface area contributed by atoms with Gasteiger partial charge < -0.3 is 15.2 Å². The van der Waals surface area contributed by atoms with Gasteiger partial charge in [0.25, 0.3) is 11.5 Å². The molecule has 0 radical (unpaired) electrons. The largest absolute Gasteiger partial charge is 0.573 e. The molecule has 2 heterocycles. The summed E-state index contributed by atoms with van der Waals surface area (Å²) < 4.78 is 42.4. The van der Waals surface area contributed by atoms with Crippen LogP contribution in [0.25, 0.3) is 16.6 Å². The molecule has 0 bridgehead atoms. The van der Waals surface area contributed by atoms with Crippen molar-refractivity contribution in [3.8, 4) is 5.75 Å². The van der Waals surface area contributed by atoms with Crippen LogP contribution in [0.15, 0.2) is 41.3 Å². The zero-order chi connectivity index (χ0) is 23.0. The zero-order valence-corrected chi connectivity index (χ0v) is 16.6. The molecule has 4 rings (SSSR count). The molecule has 0 aliphatic heterocycles. The molecule has 1 saturated carbocycles. The molecule has 0 atom stereocenters. The number of nitrogens with one attached hydrogen (secondary N) is 1. The second-order valence-electron chi connectivity index (χ2n) is 7.62. The second kappa shape index (κ2) is 8.13. The summed E-state index contributed by atoms with van der Waals surface area (Å²) in [6, 6.07) is 5.98. The van der Waals surface area contributed by atoms with Gasteiger partial charge in [-0.25, -0.2) is 4.98 Å². The highest BCUT2D eigenvalue weighted by Gasteiger charge is 2.31. The number of halogens is 3. The minimum atomic E-state index is -4.90. The smallest absolute Gasteiger partial charge is 0.481 e. The van der Waals surface area contributed by atoms with Crippen LogP contribution in [0.1, 0.15) is 36.0 Å². The average molecular weight is 449 g/mol. The zero-order valence-electron chi connectivity index (χ0n) is 16.6. The topological polar surface area (TPSA) is 110 Å². The number of carboxylic acids is 1. The first-order valence-corrected chi connectivity index (χ1v) is 9.87. The van der Waals surface area contributed by atoms with Crippen LogP contribution >= 0.6 is 0 Å².